The van der Waals surface area contributed by atoms with E-state index in [-0.39, 0.29) is 35.6 Å². The lowest BCUT2D eigenvalue weighted by atomic mass is 9.70. The molecule has 3 fully saturated rings. The Morgan fingerprint density at radius 1 is 1.19 bits per heavy atom. The van der Waals surface area contributed by atoms with Gasteiger partial charge in [-0.3, -0.25) is 14.4 Å². The van der Waals surface area contributed by atoms with E-state index in [4.69, 9.17) is 0 Å². The Labute approximate surface area is 224 Å². The van der Waals surface area contributed by atoms with Crippen LogP contribution in [-0.4, -0.2) is 92.4 Å². The summed E-state index contributed by atoms with van der Waals surface area (Å²) in [6.45, 7) is 12.0. The van der Waals surface area contributed by atoms with Gasteiger partial charge in [0.1, 0.15) is 6.04 Å². The summed E-state index contributed by atoms with van der Waals surface area (Å²) in [5.74, 6) is -1.46. The Bertz CT molecular complexity index is 1050. The Kier molecular flexibility index (Phi) is 8.19. The Morgan fingerprint density at radius 2 is 1.86 bits per heavy atom. The molecular weight excluding hydrogens is 486 g/mol. The van der Waals surface area contributed by atoms with Crippen LogP contribution in [0.1, 0.15) is 32.3 Å². The molecule has 3 aliphatic heterocycles. The molecule has 0 saturated carbocycles. The van der Waals surface area contributed by atoms with Crippen molar-refractivity contribution in [2.45, 2.75) is 61.2 Å². The van der Waals surface area contributed by atoms with Crippen LogP contribution >= 0.6 is 11.8 Å². The van der Waals surface area contributed by atoms with E-state index in [0.29, 0.717) is 25.9 Å². The number of rotatable bonds is 11. The molecule has 3 heterocycles. The molecule has 0 aliphatic carbocycles. The number of aliphatic hydroxyl groups is 1. The first-order valence-electron chi connectivity index (χ1n) is 13.1. The number of benzene rings is 1. The molecule has 37 heavy (non-hydrogen) atoms. The van der Waals surface area contributed by atoms with Crippen LogP contribution in [0.25, 0.3) is 0 Å². The van der Waals surface area contributed by atoms with Crippen LogP contribution in [0.5, 0.6) is 0 Å². The van der Waals surface area contributed by atoms with Gasteiger partial charge in [-0.1, -0.05) is 42.5 Å². The van der Waals surface area contributed by atoms with Crippen molar-refractivity contribution in [2.24, 2.45) is 11.8 Å². The van der Waals surface area contributed by atoms with Gasteiger partial charge < -0.3 is 19.8 Å². The summed E-state index contributed by atoms with van der Waals surface area (Å²) in [4.78, 5) is 47.3. The lowest BCUT2D eigenvalue weighted by Crippen LogP contribution is -2.59. The third-order valence-corrected chi connectivity index (χ3v) is 10.1. The number of amides is 3. The highest BCUT2D eigenvalue weighted by Crippen LogP contribution is 2.67. The molecule has 8 heteroatoms. The Morgan fingerprint density at radius 3 is 2.46 bits per heavy atom. The quantitative estimate of drug-likeness (QED) is 0.450. The average Bonchev–Trinajstić information content (AvgIpc) is 3.53. The molecule has 0 aromatic heterocycles. The lowest BCUT2D eigenvalue weighted by Gasteiger charge is -2.40. The minimum Gasteiger partial charge on any atom is -0.394 e. The smallest absolute Gasteiger partial charge is 0.247 e. The fraction of sp³-hybridized carbons (Fsp3) is 0.552. The maximum absolute atomic E-state index is 14.3. The van der Waals surface area contributed by atoms with Gasteiger partial charge in [0.2, 0.25) is 17.7 Å². The zero-order valence-corrected chi connectivity index (χ0v) is 22.9. The normalized spacial score (nSPS) is 28.8. The molecule has 1 N–H and O–H groups in total. The number of carbonyl (C=O) groups excluding carboxylic acids is 3. The molecule has 1 aromatic rings. The zero-order valence-electron chi connectivity index (χ0n) is 22.1. The molecule has 7 nitrogen and oxygen atoms in total. The number of thioether (sulfide) groups is 1. The molecule has 2 unspecified atom stereocenters. The minimum absolute atomic E-state index is 0.000213. The summed E-state index contributed by atoms with van der Waals surface area (Å²) >= 11 is 1.66. The van der Waals surface area contributed by atoms with Crippen molar-refractivity contribution >= 4 is 29.5 Å². The molecule has 3 saturated heterocycles. The Hall–Kier alpha value is -2.58. The van der Waals surface area contributed by atoms with E-state index in [0.717, 1.165) is 12.0 Å². The first kappa shape index (κ1) is 27.5. The molecule has 6 atom stereocenters. The maximum atomic E-state index is 14.3. The predicted molar refractivity (Wildman–Crippen MR) is 147 cm³/mol. The Balaban J connectivity index is 1.79. The van der Waals surface area contributed by atoms with E-state index in [2.05, 4.69) is 13.2 Å². The number of fused-ring (bicyclic) bond motifs is 1. The van der Waals surface area contributed by atoms with Gasteiger partial charge in [-0.15, -0.1) is 24.9 Å². The summed E-state index contributed by atoms with van der Waals surface area (Å²) < 4.78 is -0.688. The number of hydrogen-bond donors (Lipinski definition) is 1. The topological polar surface area (TPSA) is 81.2 Å². The maximum Gasteiger partial charge on any atom is 0.247 e. The van der Waals surface area contributed by atoms with Crippen molar-refractivity contribution in [1.82, 2.24) is 14.7 Å². The molecule has 2 bridgehead atoms. The zero-order chi connectivity index (χ0) is 26.9. The highest BCUT2D eigenvalue weighted by atomic mass is 32.2. The highest BCUT2D eigenvalue weighted by molar-refractivity contribution is 8.02. The molecular formula is C29H39N3O4S. The molecule has 1 spiro atoms. The molecule has 0 radical (unpaired) electrons. The van der Waals surface area contributed by atoms with E-state index < -0.39 is 28.7 Å². The second kappa shape index (κ2) is 11.0. The summed E-state index contributed by atoms with van der Waals surface area (Å²) in [6, 6.07) is 8.32. The average molecular weight is 526 g/mol. The van der Waals surface area contributed by atoms with Crippen LogP contribution < -0.4 is 0 Å². The van der Waals surface area contributed by atoms with Crippen LogP contribution in [0.2, 0.25) is 0 Å². The van der Waals surface area contributed by atoms with Gasteiger partial charge in [0.05, 0.1) is 29.2 Å². The van der Waals surface area contributed by atoms with E-state index in [1.807, 2.05) is 44.2 Å². The number of carbonyl (C=O) groups is 3. The second-order valence-corrected chi connectivity index (χ2v) is 12.3. The number of nitrogens with zero attached hydrogens (tertiary/aromatic N) is 3. The monoisotopic (exact) mass is 525 g/mol. The van der Waals surface area contributed by atoms with Crippen molar-refractivity contribution in [3.8, 4) is 0 Å². The summed E-state index contributed by atoms with van der Waals surface area (Å²) in [5.41, 5.74) is 0.984. The molecule has 1 aromatic carbocycles. The highest BCUT2D eigenvalue weighted by Gasteiger charge is 2.74. The third-order valence-electron chi connectivity index (χ3n) is 8.19. The lowest BCUT2D eigenvalue weighted by molar-refractivity contribution is -0.147. The van der Waals surface area contributed by atoms with Gasteiger partial charge in [0, 0.05) is 31.4 Å². The van der Waals surface area contributed by atoms with E-state index in [1.54, 1.807) is 45.7 Å². The van der Waals surface area contributed by atoms with Gasteiger partial charge in [-0.2, -0.15) is 0 Å². The van der Waals surface area contributed by atoms with Gasteiger partial charge in [-0.05, 0) is 38.7 Å². The van der Waals surface area contributed by atoms with Crippen LogP contribution in [0.4, 0.5) is 0 Å². The van der Waals surface area contributed by atoms with Crippen LogP contribution in [0.15, 0.2) is 55.6 Å². The molecule has 3 aliphatic rings. The van der Waals surface area contributed by atoms with E-state index >= 15 is 0 Å². The van der Waals surface area contributed by atoms with Crippen molar-refractivity contribution in [3.63, 3.8) is 0 Å². The van der Waals surface area contributed by atoms with E-state index in [9.17, 15) is 19.5 Å². The minimum atomic E-state index is -0.745. The van der Waals surface area contributed by atoms with Crippen molar-refractivity contribution in [2.75, 3.05) is 26.7 Å². The number of likely N-dealkylation sites (tertiary alicyclic amines) is 1. The fourth-order valence-corrected chi connectivity index (χ4v) is 8.76. The van der Waals surface area contributed by atoms with Crippen molar-refractivity contribution in [1.29, 1.82) is 0 Å². The van der Waals surface area contributed by atoms with Crippen LogP contribution in [-0.2, 0) is 20.8 Å². The van der Waals surface area contributed by atoms with Crippen LogP contribution in [0.3, 0.4) is 0 Å². The number of hydrogen-bond acceptors (Lipinski definition) is 5. The number of aliphatic hydroxyl groups excluding tert-OH is 1. The number of likely N-dealkylation sites (N-methyl/N-ethyl adjacent to an activating group) is 1. The molecule has 4 rings (SSSR count). The SMILES string of the molecule is C=CCN(C)C(=O)[C@@H]1[C@@H]2CCC3(S2)C(C(=O)N(CC=C)C(C)C)N([C@@H](CO)Cc2ccccc2)C(=O)[C@H]13. The summed E-state index contributed by atoms with van der Waals surface area (Å²) in [5, 5.41) is 10.6. The second-order valence-electron chi connectivity index (χ2n) is 10.7. The van der Waals surface area contributed by atoms with Crippen molar-refractivity contribution < 1.29 is 19.5 Å². The van der Waals surface area contributed by atoms with Gasteiger partial charge in [-0.25, -0.2) is 0 Å². The first-order chi connectivity index (χ1) is 17.7. The first-order valence-corrected chi connectivity index (χ1v) is 14.0. The summed E-state index contributed by atoms with van der Waals surface area (Å²) in [7, 11) is 1.74. The largest absolute Gasteiger partial charge is 0.394 e. The molecule has 3 amide bonds. The summed E-state index contributed by atoms with van der Waals surface area (Å²) in [6.07, 6.45) is 5.31. The van der Waals surface area contributed by atoms with Gasteiger partial charge >= 0.3 is 0 Å². The van der Waals surface area contributed by atoms with Gasteiger partial charge in [0.25, 0.3) is 0 Å². The fourth-order valence-electron chi connectivity index (χ4n) is 6.57. The van der Waals surface area contributed by atoms with Crippen LogP contribution in [0, 0.1) is 11.8 Å². The van der Waals surface area contributed by atoms with Gasteiger partial charge in [0.15, 0.2) is 0 Å². The third kappa shape index (κ3) is 4.63. The predicted octanol–water partition coefficient (Wildman–Crippen LogP) is 2.75. The van der Waals surface area contributed by atoms with Crippen molar-refractivity contribution in [3.05, 3.63) is 61.2 Å². The standard InChI is InChI=1S/C29H39N3O4S/c1-6-15-30(5)26(34)23-22-13-14-29(37-22)24(23)27(35)32(21(18-33)17-20-11-9-8-10-12-20)25(29)28(36)31(16-7-2)19(3)4/h6-12,19,21-25,33H,1-2,13-18H2,3-5H3/t21-,22+,23-,24+,25?,29?/m1/s1. The molecule has 200 valence electrons. The van der Waals surface area contributed by atoms with E-state index in [1.165, 1.54) is 0 Å².